The Labute approximate surface area is 133 Å². The number of aromatic nitrogens is 1. The van der Waals surface area contributed by atoms with Crippen LogP contribution in [0.4, 0.5) is 5.13 Å². The van der Waals surface area contributed by atoms with Gasteiger partial charge in [0.05, 0.1) is 18.4 Å². The van der Waals surface area contributed by atoms with E-state index < -0.39 is 0 Å². The number of carbonyl (C=O) groups is 1. The molecule has 1 N–H and O–H groups in total. The summed E-state index contributed by atoms with van der Waals surface area (Å²) in [7, 11) is 0. The predicted octanol–water partition coefficient (Wildman–Crippen LogP) is 4.50. The van der Waals surface area contributed by atoms with Gasteiger partial charge in [-0.05, 0) is 24.5 Å². The molecular formula is C17H18N2O2S. The molecule has 1 amide bonds. The zero-order valence-electron chi connectivity index (χ0n) is 12.8. The third-order valence-corrected chi connectivity index (χ3v) is 4.30. The molecule has 22 heavy (non-hydrogen) atoms. The highest BCUT2D eigenvalue weighted by molar-refractivity contribution is 7.13. The van der Waals surface area contributed by atoms with Gasteiger partial charge in [-0.3, -0.25) is 4.79 Å². The summed E-state index contributed by atoms with van der Waals surface area (Å²) in [6.07, 6.45) is 1.94. The van der Waals surface area contributed by atoms with Gasteiger partial charge in [-0.25, -0.2) is 4.98 Å². The lowest BCUT2D eigenvalue weighted by Gasteiger charge is -2.01. The number of thiazole rings is 1. The van der Waals surface area contributed by atoms with Crippen molar-refractivity contribution >= 4 is 33.3 Å². The first kappa shape index (κ1) is 14.8. The smallest absolute Gasteiger partial charge is 0.230 e. The summed E-state index contributed by atoms with van der Waals surface area (Å²) in [6, 6.07) is 6.00. The number of fused-ring (bicyclic) bond motifs is 1. The zero-order chi connectivity index (χ0) is 15.7. The molecule has 0 aliphatic heterocycles. The van der Waals surface area contributed by atoms with Crippen molar-refractivity contribution in [3.63, 3.8) is 0 Å². The summed E-state index contributed by atoms with van der Waals surface area (Å²) in [5.74, 6) is 0.288. The van der Waals surface area contributed by atoms with Crippen molar-refractivity contribution in [3.05, 3.63) is 46.7 Å². The maximum Gasteiger partial charge on any atom is 0.230 e. The van der Waals surface area contributed by atoms with Crippen molar-refractivity contribution < 1.29 is 9.21 Å². The number of amides is 1. The molecule has 0 aliphatic rings. The fourth-order valence-corrected chi connectivity index (χ4v) is 3.16. The summed E-state index contributed by atoms with van der Waals surface area (Å²) in [4.78, 5) is 16.6. The normalized spacial score (nSPS) is 11.3. The number of aryl methyl sites for hydroxylation is 1. The lowest BCUT2D eigenvalue weighted by atomic mass is 10.1. The van der Waals surface area contributed by atoms with E-state index in [1.54, 1.807) is 6.26 Å². The standard InChI is InChI=1S/C17H18N2O2S/c1-10(2)14-9-22-17(18-14)19-16(20)7-12-8-21-15-6-11(3)4-5-13(12)15/h4-6,8-10H,7H2,1-3H3,(H,18,19,20). The highest BCUT2D eigenvalue weighted by atomic mass is 32.1. The van der Waals surface area contributed by atoms with Gasteiger partial charge in [-0.15, -0.1) is 11.3 Å². The molecule has 4 nitrogen and oxygen atoms in total. The summed E-state index contributed by atoms with van der Waals surface area (Å²) >= 11 is 1.46. The van der Waals surface area contributed by atoms with Gasteiger partial charge in [0.15, 0.2) is 5.13 Å². The Bertz CT molecular complexity index is 817. The summed E-state index contributed by atoms with van der Waals surface area (Å²) in [6.45, 7) is 6.18. The fraction of sp³-hybridized carbons (Fsp3) is 0.294. The fourth-order valence-electron chi connectivity index (χ4n) is 2.27. The Kier molecular flexibility index (Phi) is 3.98. The second-order valence-corrected chi connectivity index (χ2v) is 6.58. The highest BCUT2D eigenvalue weighted by Gasteiger charge is 2.13. The van der Waals surface area contributed by atoms with Gasteiger partial charge in [-0.2, -0.15) is 0 Å². The number of nitrogens with zero attached hydrogens (tertiary/aromatic N) is 1. The molecule has 3 rings (SSSR count). The van der Waals surface area contributed by atoms with Crippen LogP contribution >= 0.6 is 11.3 Å². The Morgan fingerprint density at radius 3 is 2.95 bits per heavy atom. The average Bonchev–Trinajstić information content (AvgIpc) is 3.06. The minimum absolute atomic E-state index is 0.0760. The summed E-state index contributed by atoms with van der Waals surface area (Å²) < 4.78 is 5.52. The largest absolute Gasteiger partial charge is 0.464 e. The van der Waals surface area contributed by atoms with Gasteiger partial charge < -0.3 is 9.73 Å². The van der Waals surface area contributed by atoms with Crippen molar-refractivity contribution in [1.82, 2.24) is 4.98 Å². The molecule has 114 valence electrons. The maximum absolute atomic E-state index is 12.2. The zero-order valence-corrected chi connectivity index (χ0v) is 13.7. The van der Waals surface area contributed by atoms with Crippen molar-refractivity contribution in [1.29, 1.82) is 0 Å². The molecule has 0 atom stereocenters. The number of benzene rings is 1. The Morgan fingerprint density at radius 2 is 2.23 bits per heavy atom. The van der Waals surface area contributed by atoms with E-state index in [0.717, 1.165) is 27.8 Å². The van der Waals surface area contributed by atoms with E-state index >= 15 is 0 Å². The maximum atomic E-state index is 12.2. The number of nitrogens with one attached hydrogen (secondary N) is 1. The topological polar surface area (TPSA) is 55.1 Å². The van der Waals surface area contributed by atoms with Crippen molar-refractivity contribution in [2.75, 3.05) is 5.32 Å². The van der Waals surface area contributed by atoms with E-state index in [1.165, 1.54) is 11.3 Å². The van der Waals surface area contributed by atoms with Gasteiger partial charge in [0.2, 0.25) is 5.91 Å². The van der Waals surface area contributed by atoms with E-state index in [1.807, 2.05) is 30.5 Å². The molecule has 5 heteroatoms. The van der Waals surface area contributed by atoms with Crippen LogP contribution in [0.25, 0.3) is 11.0 Å². The molecule has 0 bridgehead atoms. The van der Waals surface area contributed by atoms with Crippen LogP contribution < -0.4 is 5.32 Å². The number of hydrogen-bond donors (Lipinski definition) is 1. The van der Waals surface area contributed by atoms with Crippen molar-refractivity contribution in [3.8, 4) is 0 Å². The molecule has 0 spiro atoms. The molecule has 3 aromatic rings. The molecule has 0 fully saturated rings. The molecule has 1 aromatic carbocycles. The van der Waals surface area contributed by atoms with Crippen LogP contribution in [-0.4, -0.2) is 10.9 Å². The third kappa shape index (κ3) is 3.04. The van der Waals surface area contributed by atoms with Crippen LogP contribution in [0.1, 0.15) is 36.6 Å². The molecule has 2 aromatic heterocycles. The van der Waals surface area contributed by atoms with E-state index in [0.29, 0.717) is 11.0 Å². The van der Waals surface area contributed by atoms with Crippen LogP contribution in [-0.2, 0) is 11.2 Å². The second-order valence-electron chi connectivity index (χ2n) is 5.72. The Hall–Kier alpha value is -2.14. The lowest BCUT2D eigenvalue weighted by molar-refractivity contribution is -0.115. The lowest BCUT2D eigenvalue weighted by Crippen LogP contribution is -2.14. The van der Waals surface area contributed by atoms with Crippen molar-refractivity contribution in [2.24, 2.45) is 0 Å². The van der Waals surface area contributed by atoms with Crippen LogP contribution in [0.3, 0.4) is 0 Å². The predicted molar refractivity (Wildman–Crippen MR) is 89.5 cm³/mol. The summed E-state index contributed by atoms with van der Waals surface area (Å²) in [5, 5.41) is 6.48. The third-order valence-electron chi connectivity index (χ3n) is 3.52. The average molecular weight is 314 g/mol. The molecule has 0 aliphatic carbocycles. The number of anilines is 1. The Morgan fingerprint density at radius 1 is 1.41 bits per heavy atom. The number of rotatable bonds is 4. The van der Waals surface area contributed by atoms with E-state index in [-0.39, 0.29) is 12.3 Å². The molecule has 0 unspecified atom stereocenters. The van der Waals surface area contributed by atoms with Crippen molar-refractivity contribution in [2.45, 2.75) is 33.1 Å². The van der Waals surface area contributed by atoms with Gasteiger partial charge in [0.25, 0.3) is 0 Å². The van der Waals surface area contributed by atoms with Crippen LogP contribution in [0, 0.1) is 6.92 Å². The molecular weight excluding hydrogens is 296 g/mol. The minimum atomic E-state index is -0.0760. The van der Waals surface area contributed by atoms with Crippen LogP contribution in [0.2, 0.25) is 0 Å². The van der Waals surface area contributed by atoms with Gasteiger partial charge in [0, 0.05) is 16.3 Å². The van der Waals surface area contributed by atoms with E-state index in [4.69, 9.17) is 4.42 Å². The highest BCUT2D eigenvalue weighted by Crippen LogP contribution is 2.24. The van der Waals surface area contributed by atoms with Crippen LogP contribution in [0.5, 0.6) is 0 Å². The quantitative estimate of drug-likeness (QED) is 0.771. The minimum Gasteiger partial charge on any atom is -0.464 e. The van der Waals surface area contributed by atoms with Gasteiger partial charge in [-0.1, -0.05) is 26.0 Å². The van der Waals surface area contributed by atoms with Gasteiger partial charge >= 0.3 is 0 Å². The molecule has 0 saturated carbocycles. The second kappa shape index (κ2) is 5.93. The number of carbonyl (C=O) groups excluding carboxylic acids is 1. The monoisotopic (exact) mass is 314 g/mol. The molecule has 0 radical (unpaired) electrons. The van der Waals surface area contributed by atoms with Gasteiger partial charge in [0.1, 0.15) is 5.58 Å². The summed E-state index contributed by atoms with van der Waals surface area (Å²) in [5.41, 5.74) is 3.86. The van der Waals surface area contributed by atoms with E-state index in [2.05, 4.69) is 24.1 Å². The number of furan rings is 1. The molecule has 0 saturated heterocycles. The molecule has 2 heterocycles. The SMILES string of the molecule is Cc1ccc2c(CC(=O)Nc3nc(C(C)C)cs3)coc2c1. The van der Waals surface area contributed by atoms with Crippen LogP contribution in [0.15, 0.2) is 34.3 Å². The first-order chi connectivity index (χ1) is 10.5. The first-order valence-electron chi connectivity index (χ1n) is 7.25. The first-order valence-corrected chi connectivity index (χ1v) is 8.13. The Balaban J connectivity index is 1.72. The number of hydrogen-bond acceptors (Lipinski definition) is 4. The van der Waals surface area contributed by atoms with E-state index in [9.17, 15) is 4.79 Å².